The second kappa shape index (κ2) is 7.35. The maximum atomic E-state index is 5.87. The molecule has 0 aromatic carbocycles. The number of pyridine rings is 1. The van der Waals surface area contributed by atoms with Gasteiger partial charge in [-0.25, -0.2) is 4.98 Å². The highest BCUT2D eigenvalue weighted by atomic mass is 16.7. The van der Waals surface area contributed by atoms with Gasteiger partial charge in [-0.05, 0) is 24.5 Å². The van der Waals surface area contributed by atoms with Gasteiger partial charge in [-0.1, -0.05) is 0 Å². The molecular weight excluding hydrogens is 308 g/mol. The monoisotopic (exact) mass is 334 g/mol. The van der Waals surface area contributed by atoms with Gasteiger partial charge in [0.25, 0.3) is 0 Å². The van der Waals surface area contributed by atoms with E-state index in [0.717, 1.165) is 58.5 Å². The molecule has 3 heterocycles. The van der Waals surface area contributed by atoms with Crippen molar-refractivity contribution in [2.45, 2.75) is 56.6 Å². The summed E-state index contributed by atoms with van der Waals surface area (Å²) in [4.78, 5) is 4.31. The number of rotatable bonds is 5. The van der Waals surface area contributed by atoms with Crippen LogP contribution in [-0.2, 0) is 20.8 Å². The summed E-state index contributed by atoms with van der Waals surface area (Å²) < 4.78 is 22.8. The van der Waals surface area contributed by atoms with Crippen LogP contribution in [0.4, 0.5) is 0 Å². The molecule has 132 valence electrons. The van der Waals surface area contributed by atoms with Gasteiger partial charge in [0.2, 0.25) is 5.88 Å². The summed E-state index contributed by atoms with van der Waals surface area (Å²) in [6, 6.07) is 4.58. The van der Waals surface area contributed by atoms with Crippen molar-refractivity contribution in [3.63, 3.8) is 0 Å². The Balaban J connectivity index is 1.25. The van der Waals surface area contributed by atoms with E-state index in [1.165, 1.54) is 5.56 Å². The summed E-state index contributed by atoms with van der Waals surface area (Å²) in [7, 11) is 0. The minimum atomic E-state index is -0.279. The lowest BCUT2D eigenvalue weighted by molar-refractivity contribution is -0.179. The molecule has 3 fully saturated rings. The van der Waals surface area contributed by atoms with Gasteiger partial charge < -0.3 is 24.3 Å². The largest absolute Gasteiger partial charge is 0.472 e. The van der Waals surface area contributed by atoms with Crippen molar-refractivity contribution in [1.82, 2.24) is 10.3 Å². The first kappa shape index (κ1) is 16.3. The Labute approximate surface area is 142 Å². The van der Waals surface area contributed by atoms with Gasteiger partial charge in [0.15, 0.2) is 5.79 Å². The third-order valence-electron chi connectivity index (χ3n) is 5.13. The molecule has 1 aromatic heterocycles. The van der Waals surface area contributed by atoms with E-state index < -0.39 is 0 Å². The molecule has 0 bridgehead atoms. The third-order valence-corrected chi connectivity index (χ3v) is 5.13. The highest BCUT2D eigenvalue weighted by Crippen LogP contribution is 2.35. The lowest BCUT2D eigenvalue weighted by Crippen LogP contribution is -2.41. The van der Waals surface area contributed by atoms with Crippen LogP contribution in [0.2, 0.25) is 0 Å². The molecule has 1 N–H and O–H groups in total. The normalized spacial score (nSPS) is 26.9. The average Bonchev–Trinajstić information content (AvgIpc) is 3.28. The van der Waals surface area contributed by atoms with Gasteiger partial charge in [0.1, 0.15) is 6.10 Å². The number of aromatic nitrogens is 1. The molecule has 1 aromatic rings. The molecule has 2 saturated heterocycles. The molecule has 24 heavy (non-hydrogen) atoms. The quantitative estimate of drug-likeness (QED) is 0.889. The number of hydrogen-bond acceptors (Lipinski definition) is 6. The Hall–Kier alpha value is -1.21. The van der Waals surface area contributed by atoms with Crippen molar-refractivity contribution >= 4 is 0 Å². The molecule has 4 rings (SSSR count). The zero-order chi connectivity index (χ0) is 16.2. The fourth-order valence-electron chi connectivity index (χ4n) is 3.71. The van der Waals surface area contributed by atoms with E-state index in [1.807, 2.05) is 18.3 Å². The summed E-state index contributed by atoms with van der Waals surface area (Å²) in [6.07, 6.45) is 7.05. The van der Waals surface area contributed by atoms with Crippen LogP contribution in [0.25, 0.3) is 0 Å². The summed E-state index contributed by atoms with van der Waals surface area (Å²) in [5.74, 6) is 0.416. The summed E-state index contributed by atoms with van der Waals surface area (Å²) in [5, 5.41) is 3.65. The zero-order valence-corrected chi connectivity index (χ0v) is 14.0. The zero-order valence-electron chi connectivity index (χ0n) is 14.0. The smallest absolute Gasteiger partial charge is 0.213 e. The van der Waals surface area contributed by atoms with Crippen LogP contribution >= 0.6 is 0 Å². The standard InChI is InChI=1S/C18H26N2O4/c1-5-18(22-9-10-23-18)6-2-15(1)20-12-14-3-7-19-17(11-14)24-16-4-8-21-13-16/h3,7,11,15-16,20H,1-2,4-6,8-10,12-13H2. The van der Waals surface area contributed by atoms with Gasteiger partial charge >= 0.3 is 0 Å². The van der Waals surface area contributed by atoms with Gasteiger partial charge in [-0.15, -0.1) is 0 Å². The summed E-state index contributed by atoms with van der Waals surface area (Å²) in [6.45, 7) is 3.76. The van der Waals surface area contributed by atoms with Crippen molar-refractivity contribution in [2.75, 3.05) is 26.4 Å². The summed E-state index contributed by atoms with van der Waals surface area (Å²) in [5.41, 5.74) is 1.20. The number of nitrogens with one attached hydrogen (secondary N) is 1. The lowest BCUT2D eigenvalue weighted by atomic mass is 9.90. The van der Waals surface area contributed by atoms with Crippen LogP contribution in [0.1, 0.15) is 37.7 Å². The first-order valence-corrected chi connectivity index (χ1v) is 9.02. The first-order chi connectivity index (χ1) is 11.8. The number of hydrogen-bond donors (Lipinski definition) is 1. The van der Waals surface area contributed by atoms with E-state index >= 15 is 0 Å². The molecule has 1 aliphatic carbocycles. The van der Waals surface area contributed by atoms with Crippen molar-refractivity contribution < 1.29 is 18.9 Å². The molecular formula is C18H26N2O4. The molecule has 1 unspecified atom stereocenters. The lowest BCUT2D eigenvalue weighted by Gasteiger charge is -2.35. The number of ether oxygens (including phenoxy) is 4. The maximum absolute atomic E-state index is 5.87. The average molecular weight is 334 g/mol. The highest BCUT2D eigenvalue weighted by Gasteiger charge is 2.40. The van der Waals surface area contributed by atoms with Gasteiger partial charge in [-0.3, -0.25) is 0 Å². The second-order valence-electron chi connectivity index (χ2n) is 6.87. The molecule has 3 aliphatic rings. The Bertz CT molecular complexity index is 532. The Kier molecular flexibility index (Phi) is 4.98. The van der Waals surface area contributed by atoms with Crippen molar-refractivity contribution in [3.8, 4) is 5.88 Å². The molecule has 0 radical (unpaired) electrons. The van der Waals surface area contributed by atoms with Crippen molar-refractivity contribution in [1.29, 1.82) is 0 Å². The molecule has 0 amide bonds. The van der Waals surface area contributed by atoms with E-state index in [-0.39, 0.29) is 11.9 Å². The van der Waals surface area contributed by atoms with Crippen molar-refractivity contribution in [2.24, 2.45) is 0 Å². The molecule has 6 heteroatoms. The van der Waals surface area contributed by atoms with E-state index in [1.54, 1.807) is 0 Å². The van der Waals surface area contributed by atoms with Crippen LogP contribution in [0.15, 0.2) is 18.3 Å². The van der Waals surface area contributed by atoms with E-state index in [0.29, 0.717) is 18.5 Å². The van der Waals surface area contributed by atoms with Crippen LogP contribution < -0.4 is 10.1 Å². The highest BCUT2D eigenvalue weighted by molar-refractivity contribution is 5.20. The Morgan fingerprint density at radius 1 is 1.17 bits per heavy atom. The SMILES string of the molecule is c1cc(CNC2CCC3(CC2)OCCO3)cc(OC2CCOC2)n1. The van der Waals surface area contributed by atoms with E-state index in [9.17, 15) is 0 Å². The first-order valence-electron chi connectivity index (χ1n) is 9.02. The van der Waals surface area contributed by atoms with Crippen LogP contribution in [-0.4, -0.2) is 49.3 Å². The van der Waals surface area contributed by atoms with Gasteiger partial charge in [0, 0.05) is 44.1 Å². The molecule has 1 atom stereocenters. The topological polar surface area (TPSA) is 61.8 Å². The van der Waals surface area contributed by atoms with E-state index in [4.69, 9.17) is 18.9 Å². The van der Waals surface area contributed by atoms with Crippen LogP contribution in [0.3, 0.4) is 0 Å². The van der Waals surface area contributed by atoms with Crippen LogP contribution in [0, 0.1) is 0 Å². The van der Waals surface area contributed by atoms with Crippen LogP contribution in [0.5, 0.6) is 5.88 Å². The maximum Gasteiger partial charge on any atom is 0.213 e. The fourth-order valence-corrected chi connectivity index (χ4v) is 3.71. The third kappa shape index (κ3) is 3.88. The number of nitrogens with zero attached hydrogens (tertiary/aromatic N) is 1. The predicted octanol–water partition coefficient (Wildman–Crippen LogP) is 2.02. The molecule has 2 aliphatic heterocycles. The predicted molar refractivity (Wildman–Crippen MR) is 87.8 cm³/mol. The molecule has 1 spiro atoms. The van der Waals surface area contributed by atoms with Gasteiger partial charge in [0.05, 0.1) is 26.4 Å². The van der Waals surface area contributed by atoms with Gasteiger partial charge in [-0.2, -0.15) is 0 Å². The van der Waals surface area contributed by atoms with Crippen molar-refractivity contribution in [3.05, 3.63) is 23.9 Å². The molecule has 6 nitrogen and oxygen atoms in total. The Morgan fingerprint density at radius 2 is 2.00 bits per heavy atom. The summed E-state index contributed by atoms with van der Waals surface area (Å²) >= 11 is 0. The minimum Gasteiger partial charge on any atom is -0.472 e. The minimum absolute atomic E-state index is 0.140. The molecule has 1 saturated carbocycles. The fraction of sp³-hybridized carbons (Fsp3) is 0.722. The second-order valence-corrected chi connectivity index (χ2v) is 6.87. The van der Waals surface area contributed by atoms with E-state index in [2.05, 4.69) is 10.3 Å². The Morgan fingerprint density at radius 3 is 2.75 bits per heavy atom.